The number of methoxy groups -OCH3 is 1. The number of rotatable bonds is 1. The number of aromatic nitrogens is 1. The number of H-pyrrole nitrogens is 1. The molecule has 13 heavy (non-hydrogen) atoms. The maximum Gasteiger partial charge on any atom is 0.214 e. The van der Waals surface area contributed by atoms with Gasteiger partial charge in [-0.2, -0.15) is 0 Å². The Hall–Kier alpha value is -1.09. The normalized spacial score (nSPS) is 10.3. The highest BCUT2D eigenvalue weighted by molar-refractivity contribution is 9.10. The third-order valence-electron chi connectivity index (χ3n) is 1.92. The Labute approximate surface area is 84.7 Å². The number of pyridine rings is 1. The minimum Gasteiger partial charge on any atom is -0.497 e. The van der Waals surface area contributed by atoms with Crippen molar-refractivity contribution in [2.24, 2.45) is 0 Å². The van der Waals surface area contributed by atoms with Gasteiger partial charge in [-0.3, -0.25) is 0 Å². The lowest BCUT2D eigenvalue weighted by molar-refractivity contribution is -0.345. The van der Waals surface area contributed by atoms with Crippen molar-refractivity contribution < 1.29 is 9.72 Å². The molecular weight excluding hydrogens is 230 g/mol. The Kier molecular flexibility index (Phi) is 2.19. The van der Waals surface area contributed by atoms with Gasteiger partial charge in [-0.1, -0.05) is 0 Å². The van der Waals surface area contributed by atoms with E-state index in [4.69, 9.17) is 4.74 Å². The minimum atomic E-state index is 0.867. The first-order chi connectivity index (χ1) is 6.29. The number of fused-ring (bicyclic) bond motifs is 1. The van der Waals surface area contributed by atoms with Crippen LogP contribution in [0.25, 0.3) is 10.9 Å². The summed E-state index contributed by atoms with van der Waals surface area (Å²) in [6, 6.07) is 8.01. The van der Waals surface area contributed by atoms with Crippen LogP contribution in [-0.2, 0) is 0 Å². The summed E-state index contributed by atoms with van der Waals surface area (Å²) >= 11 is 3.41. The van der Waals surface area contributed by atoms with Crippen molar-refractivity contribution in [2.45, 2.75) is 0 Å². The van der Waals surface area contributed by atoms with Gasteiger partial charge in [0, 0.05) is 5.39 Å². The van der Waals surface area contributed by atoms with Gasteiger partial charge in [-0.15, -0.1) is 0 Å². The van der Waals surface area contributed by atoms with Crippen molar-refractivity contribution in [2.75, 3.05) is 7.11 Å². The fraction of sp³-hybridized carbons (Fsp3) is 0.100. The molecule has 0 saturated heterocycles. The average molecular weight is 239 g/mol. The molecule has 0 aliphatic heterocycles. The predicted molar refractivity (Wildman–Crippen MR) is 54.8 cm³/mol. The summed E-state index contributed by atoms with van der Waals surface area (Å²) in [6.45, 7) is 0. The van der Waals surface area contributed by atoms with Crippen LogP contribution >= 0.6 is 15.9 Å². The Morgan fingerprint density at radius 2 is 2.15 bits per heavy atom. The molecule has 0 aliphatic rings. The zero-order valence-electron chi connectivity index (χ0n) is 7.17. The third kappa shape index (κ3) is 1.65. The van der Waals surface area contributed by atoms with Gasteiger partial charge in [0.05, 0.1) is 17.6 Å². The Morgan fingerprint density at radius 3 is 2.92 bits per heavy atom. The van der Waals surface area contributed by atoms with E-state index >= 15 is 0 Å². The number of aromatic amines is 1. The predicted octanol–water partition coefficient (Wildman–Crippen LogP) is 2.42. The molecule has 0 radical (unpaired) electrons. The quantitative estimate of drug-likeness (QED) is 0.749. The van der Waals surface area contributed by atoms with E-state index in [1.54, 1.807) is 7.11 Å². The lowest BCUT2D eigenvalue weighted by Gasteiger charge is -1.98. The summed E-state index contributed by atoms with van der Waals surface area (Å²) in [5, 5.41) is 1.16. The van der Waals surface area contributed by atoms with Gasteiger partial charge in [0.25, 0.3) is 0 Å². The molecule has 0 aliphatic carbocycles. The Morgan fingerprint density at radius 1 is 1.31 bits per heavy atom. The van der Waals surface area contributed by atoms with E-state index in [1.165, 1.54) is 0 Å². The molecular formula is C10H9BrNO+. The van der Waals surface area contributed by atoms with Crippen molar-refractivity contribution in [3.63, 3.8) is 0 Å². The molecule has 0 spiro atoms. The summed E-state index contributed by atoms with van der Waals surface area (Å²) in [6.07, 6.45) is 1.90. The molecule has 1 N–H and O–H groups in total. The maximum absolute atomic E-state index is 5.12. The molecule has 0 fully saturated rings. The molecule has 0 bridgehead atoms. The van der Waals surface area contributed by atoms with E-state index < -0.39 is 0 Å². The van der Waals surface area contributed by atoms with E-state index in [9.17, 15) is 0 Å². The summed E-state index contributed by atoms with van der Waals surface area (Å²) in [7, 11) is 1.67. The topological polar surface area (TPSA) is 23.4 Å². The number of halogens is 1. The molecule has 66 valence electrons. The van der Waals surface area contributed by atoms with Crippen molar-refractivity contribution in [1.29, 1.82) is 0 Å². The maximum atomic E-state index is 5.12. The fourth-order valence-corrected chi connectivity index (χ4v) is 1.61. The van der Waals surface area contributed by atoms with Gasteiger partial charge in [0.1, 0.15) is 5.75 Å². The first kappa shape index (κ1) is 8.51. The number of hydrogen-bond donors (Lipinski definition) is 0. The summed E-state index contributed by atoms with van der Waals surface area (Å²) in [5.74, 6) is 0.867. The number of hydrogen-bond acceptors (Lipinski definition) is 1. The highest BCUT2D eigenvalue weighted by Gasteiger charge is 2.02. The molecule has 1 aromatic carbocycles. The van der Waals surface area contributed by atoms with Gasteiger partial charge in [0.2, 0.25) is 5.52 Å². The zero-order valence-corrected chi connectivity index (χ0v) is 8.76. The molecule has 0 atom stereocenters. The van der Waals surface area contributed by atoms with E-state index in [0.717, 1.165) is 21.1 Å². The van der Waals surface area contributed by atoms with Crippen LogP contribution in [-0.4, -0.2) is 7.11 Å². The van der Waals surface area contributed by atoms with E-state index in [0.29, 0.717) is 0 Å². The molecule has 0 saturated carbocycles. The van der Waals surface area contributed by atoms with Crippen LogP contribution in [0.15, 0.2) is 34.9 Å². The SMILES string of the molecule is COc1ccc2cc(Br)c[nH+]c2c1. The molecule has 0 amide bonds. The number of benzene rings is 1. The standard InChI is InChI=1S/C10H8BrNO/c1-13-9-3-2-7-4-8(11)6-12-10(7)5-9/h2-6H,1H3/p+1. The second-order valence-corrected chi connectivity index (χ2v) is 3.69. The number of nitrogens with one attached hydrogen (secondary N) is 1. The molecule has 3 heteroatoms. The lowest BCUT2D eigenvalue weighted by Crippen LogP contribution is -2.02. The van der Waals surface area contributed by atoms with Gasteiger partial charge in [-0.05, 0) is 34.1 Å². The van der Waals surface area contributed by atoms with Crippen LogP contribution in [0.3, 0.4) is 0 Å². The minimum absolute atomic E-state index is 0.867. The highest BCUT2D eigenvalue weighted by Crippen LogP contribution is 2.19. The fourth-order valence-electron chi connectivity index (χ4n) is 1.25. The first-order valence-electron chi connectivity index (χ1n) is 3.94. The molecule has 1 heterocycles. The third-order valence-corrected chi connectivity index (χ3v) is 2.38. The van der Waals surface area contributed by atoms with Crippen LogP contribution in [0.5, 0.6) is 5.75 Å². The second kappa shape index (κ2) is 3.34. The molecule has 2 aromatic rings. The molecule has 2 rings (SSSR count). The van der Waals surface area contributed by atoms with Crippen molar-refractivity contribution in [3.05, 3.63) is 34.9 Å². The van der Waals surface area contributed by atoms with Gasteiger partial charge >= 0.3 is 0 Å². The van der Waals surface area contributed by atoms with Crippen LogP contribution in [0.2, 0.25) is 0 Å². The Bertz CT molecular complexity index is 442. The van der Waals surface area contributed by atoms with Crippen molar-refractivity contribution in [1.82, 2.24) is 0 Å². The van der Waals surface area contributed by atoms with Crippen LogP contribution in [0.4, 0.5) is 0 Å². The van der Waals surface area contributed by atoms with Crippen LogP contribution in [0.1, 0.15) is 0 Å². The molecule has 1 aromatic heterocycles. The summed E-state index contributed by atoms with van der Waals surface area (Å²) in [5.41, 5.74) is 1.07. The highest BCUT2D eigenvalue weighted by atomic mass is 79.9. The number of ether oxygens (including phenoxy) is 1. The van der Waals surface area contributed by atoms with E-state index in [1.807, 2.05) is 24.4 Å². The van der Waals surface area contributed by atoms with Crippen molar-refractivity contribution >= 4 is 26.8 Å². The van der Waals surface area contributed by atoms with Gasteiger partial charge < -0.3 is 4.74 Å². The lowest BCUT2D eigenvalue weighted by atomic mass is 10.2. The summed E-state index contributed by atoms with van der Waals surface area (Å²) < 4.78 is 6.17. The van der Waals surface area contributed by atoms with Gasteiger partial charge in [-0.25, -0.2) is 4.98 Å². The summed E-state index contributed by atoms with van der Waals surface area (Å²) in [4.78, 5) is 3.17. The molecule has 0 unspecified atom stereocenters. The monoisotopic (exact) mass is 238 g/mol. The molecule has 2 nitrogen and oxygen atoms in total. The van der Waals surface area contributed by atoms with Crippen molar-refractivity contribution in [3.8, 4) is 5.75 Å². The first-order valence-corrected chi connectivity index (χ1v) is 4.74. The smallest absolute Gasteiger partial charge is 0.214 e. The Balaban J connectivity index is 2.66. The van der Waals surface area contributed by atoms with E-state index in [-0.39, 0.29) is 0 Å². The zero-order chi connectivity index (χ0) is 9.26. The van der Waals surface area contributed by atoms with Crippen LogP contribution < -0.4 is 9.72 Å². The second-order valence-electron chi connectivity index (χ2n) is 2.77. The average Bonchev–Trinajstić information content (AvgIpc) is 2.17. The van der Waals surface area contributed by atoms with Crippen LogP contribution in [0, 0.1) is 0 Å². The largest absolute Gasteiger partial charge is 0.497 e. The van der Waals surface area contributed by atoms with E-state index in [2.05, 4.69) is 27.0 Å². The van der Waals surface area contributed by atoms with Gasteiger partial charge in [0.15, 0.2) is 6.20 Å².